The summed E-state index contributed by atoms with van der Waals surface area (Å²) in [5.74, 6) is 1.83. The van der Waals surface area contributed by atoms with Crippen LogP contribution in [0.3, 0.4) is 0 Å². The van der Waals surface area contributed by atoms with Crippen molar-refractivity contribution in [3.63, 3.8) is 0 Å². The fourth-order valence-corrected chi connectivity index (χ4v) is 2.81. The third kappa shape index (κ3) is 6.92. The maximum absolute atomic E-state index is 5.39. The van der Waals surface area contributed by atoms with Gasteiger partial charge in [0, 0.05) is 32.7 Å². The number of methoxy groups -OCH3 is 1. The zero-order chi connectivity index (χ0) is 17.9. The minimum Gasteiger partial charge on any atom is -0.496 e. The van der Waals surface area contributed by atoms with Crippen LogP contribution < -0.4 is 15.4 Å². The van der Waals surface area contributed by atoms with Crippen LogP contribution in [0.15, 0.2) is 23.2 Å². The van der Waals surface area contributed by atoms with Crippen molar-refractivity contribution in [1.82, 2.24) is 15.5 Å². The molecule has 2 rings (SSSR count). The lowest BCUT2D eigenvalue weighted by atomic mass is 10.1. The van der Waals surface area contributed by atoms with Crippen LogP contribution in [0.5, 0.6) is 5.75 Å². The first-order chi connectivity index (χ1) is 12.2. The van der Waals surface area contributed by atoms with E-state index in [1.165, 1.54) is 5.56 Å². The second-order valence-electron chi connectivity index (χ2n) is 6.20. The van der Waals surface area contributed by atoms with Crippen molar-refractivity contribution < 1.29 is 9.47 Å². The zero-order valence-electron chi connectivity index (χ0n) is 15.8. The maximum atomic E-state index is 5.39. The standard InChI is InChI=1S/C19H32N4O2/c1-4-20-19(22-9-10-23-11-13-25-14-12-23)21-8-7-17-6-5-16(2)18(15-17)24-3/h5-6,15H,4,7-14H2,1-3H3,(H2,20,21,22). The van der Waals surface area contributed by atoms with E-state index in [0.29, 0.717) is 0 Å². The molecule has 1 aliphatic rings. The molecule has 6 heteroatoms. The first-order valence-corrected chi connectivity index (χ1v) is 9.18. The van der Waals surface area contributed by atoms with Crippen LogP contribution in [0, 0.1) is 6.92 Å². The molecular weight excluding hydrogens is 316 g/mol. The van der Waals surface area contributed by atoms with Gasteiger partial charge in [-0.2, -0.15) is 0 Å². The van der Waals surface area contributed by atoms with Crippen molar-refractivity contribution in [2.45, 2.75) is 20.3 Å². The molecule has 0 unspecified atom stereocenters. The summed E-state index contributed by atoms with van der Waals surface area (Å²) < 4.78 is 10.8. The number of guanidine groups is 1. The second kappa shape index (κ2) is 10.9. The monoisotopic (exact) mass is 348 g/mol. The van der Waals surface area contributed by atoms with Gasteiger partial charge >= 0.3 is 0 Å². The van der Waals surface area contributed by atoms with Gasteiger partial charge in [-0.15, -0.1) is 0 Å². The highest BCUT2D eigenvalue weighted by molar-refractivity contribution is 5.79. The highest BCUT2D eigenvalue weighted by atomic mass is 16.5. The van der Waals surface area contributed by atoms with E-state index >= 15 is 0 Å². The molecule has 0 radical (unpaired) electrons. The van der Waals surface area contributed by atoms with Gasteiger partial charge in [-0.25, -0.2) is 0 Å². The molecule has 25 heavy (non-hydrogen) atoms. The molecule has 0 spiro atoms. The molecular formula is C19H32N4O2. The van der Waals surface area contributed by atoms with E-state index in [4.69, 9.17) is 9.47 Å². The molecule has 2 N–H and O–H groups in total. The number of benzene rings is 1. The molecule has 1 saturated heterocycles. The first kappa shape index (κ1) is 19.5. The van der Waals surface area contributed by atoms with Crippen LogP contribution in [0.25, 0.3) is 0 Å². The van der Waals surface area contributed by atoms with Crippen molar-refractivity contribution in [3.8, 4) is 5.75 Å². The summed E-state index contributed by atoms with van der Waals surface area (Å²) in [4.78, 5) is 7.07. The fraction of sp³-hybridized carbons (Fsp3) is 0.632. The molecule has 0 atom stereocenters. The van der Waals surface area contributed by atoms with Crippen molar-refractivity contribution in [2.24, 2.45) is 4.99 Å². The summed E-state index contributed by atoms with van der Waals surface area (Å²) in [7, 11) is 1.72. The quantitative estimate of drug-likeness (QED) is 0.550. The average Bonchev–Trinajstić information content (AvgIpc) is 2.64. The summed E-state index contributed by atoms with van der Waals surface area (Å²) in [6.07, 6.45) is 0.935. The number of hydrogen-bond donors (Lipinski definition) is 2. The third-order valence-electron chi connectivity index (χ3n) is 4.31. The lowest BCUT2D eigenvalue weighted by molar-refractivity contribution is 0.0394. The van der Waals surface area contributed by atoms with E-state index in [9.17, 15) is 0 Å². The van der Waals surface area contributed by atoms with E-state index < -0.39 is 0 Å². The summed E-state index contributed by atoms with van der Waals surface area (Å²) in [5.41, 5.74) is 2.43. The summed E-state index contributed by atoms with van der Waals surface area (Å²) in [5, 5.41) is 6.72. The van der Waals surface area contributed by atoms with Crippen molar-refractivity contribution >= 4 is 5.96 Å². The Bertz CT molecular complexity index is 542. The summed E-state index contributed by atoms with van der Waals surface area (Å²) in [6.45, 7) is 11.3. The Morgan fingerprint density at radius 3 is 2.80 bits per heavy atom. The minimum absolute atomic E-state index is 0.799. The van der Waals surface area contributed by atoms with Crippen molar-refractivity contribution in [2.75, 3.05) is 59.6 Å². The van der Waals surface area contributed by atoms with E-state index in [2.05, 4.69) is 52.6 Å². The van der Waals surface area contributed by atoms with E-state index in [1.54, 1.807) is 7.11 Å². The highest BCUT2D eigenvalue weighted by Crippen LogP contribution is 2.18. The largest absolute Gasteiger partial charge is 0.496 e. The molecule has 6 nitrogen and oxygen atoms in total. The number of nitrogens with one attached hydrogen (secondary N) is 2. The summed E-state index contributed by atoms with van der Waals surface area (Å²) in [6, 6.07) is 6.37. The number of hydrogen-bond acceptors (Lipinski definition) is 4. The van der Waals surface area contributed by atoms with Crippen LogP contribution in [-0.2, 0) is 11.2 Å². The molecule has 140 valence electrons. The average molecular weight is 348 g/mol. The van der Waals surface area contributed by atoms with Gasteiger partial charge in [0.1, 0.15) is 5.75 Å². The van der Waals surface area contributed by atoms with Gasteiger partial charge < -0.3 is 20.1 Å². The van der Waals surface area contributed by atoms with Gasteiger partial charge in [0.15, 0.2) is 5.96 Å². The van der Waals surface area contributed by atoms with Gasteiger partial charge in [-0.05, 0) is 37.5 Å². The first-order valence-electron chi connectivity index (χ1n) is 9.18. The van der Waals surface area contributed by atoms with Crippen LogP contribution in [0.4, 0.5) is 0 Å². The maximum Gasteiger partial charge on any atom is 0.191 e. The van der Waals surface area contributed by atoms with Crippen molar-refractivity contribution in [3.05, 3.63) is 29.3 Å². The fourth-order valence-electron chi connectivity index (χ4n) is 2.81. The predicted octanol–water partition coefficient (Wildman–Crippen LogP) is 1.43. The molecule has 0 amide bonds. The molecule has 1 aliphatic heterocycles. The predicted molar refractivity (Wildman–Crippen MR) is 103 cm³/mol. The number of aryl methyl sites for hydroxylation is 1. The molecule has 0 saturated carbocycles. The molecule has 1 aromatic carbocycles. The number of morpholine rings is 1. The third-order valence-corrected chi connectivity index (χ3v) is 4.31. The van der Waals surface area contributed by atoms with E-state index in [-0.39, 0.29) is 0 Å². The molecule has 0 bridgehead atoms. The normalized spacial score (nSPS) is 15.9. The topological polar surface area (TPSA) is 58.1 Å². The Morgan fingerprint density at radius 2 is 2.08 bits per heavy atom. The molecule has 1 heterocycles. The van der Waals surface area contributed by atoms with Crippen LogP contribution in [-0.4, -0.2) is 70.5 Å². The number of aliphatic imine (C=N–C) groups is 1. The Labute approximate surface area is 151 Å². The SMILES string of the molecule is CCNC(=NCCN1CCOCC1)NCCc1ccc(C)c(OC)c1. The highest BCUT2D eigenvalue weighted by Gasteiger charge is 2.09. The Hall–Kier alpha value is -1.79. The lowest BCUT2D eigenvalue weighted by Crippen LogP contribution is -2.40. The van der Waals surface area contributed by atoms with Crippen LogP contribution in [0.1, 0.15) is 18.1 Å². The van der Waals surface area contributed by atoms with Gasteiger partial charge in [0.2, 0.25) is 0 Å². The number of ether oxygens (including phenoxy) is 2. The number of rotatable bonds is 8. The minimum atomic E-state index is 0.799. The van der Waals surface area contributed by atoms with E-state index in [0.717, 1.165) is 76.2 Å². The summed E-state index contributed by atoms with van der Waals surface area (Å²) >= 11 is 0. The van der Waals surface area contributed by atoms with E-state index in [1.807, 2.05) is 0 Å². The second-order valence-corrected chi connectivity index (χ2v) is 6.20. The Kier molecular flexibility index (Phi) is 8.55. The molecule has 0 aromatic heterocycles. The molecule has 1 fully saturated rings. The van der Waals surface area contributed by atoms with Gasteiger partial charge in [-0.3, -0.25) is 9.89 Å². The van der Waals surface area contributed by atoms with Crippen molar-refractivity contribution in [1.29, 1.82) is 0 Å². The Morgan fingerprint density at radius 1 is 1.28 bits per heavy atom. The zero-order valence-corrected chi connectivity index (χ0v) is 15.8. The smallest absolute Gasteiger partial charge is 0.191 e. The van der Waals surface area contributed by atoms with Gasteiger partial charge in [0.25, 0.3) is 0 Å². The number of nitrogens with zero attached hydrogens (tertiary/aromatic N) is 2. The lowest BCUT2D eigenvalue weighted by Gasteiger charge is -2.25. The Balaban J connectivity index is 1.77. The molecule has 1 aromatic rings. The van der Waals surface area contributed by atoms with Gasteiger partial charge in [-0.1, -0.05) is 12.1 Å². The van der Waals surface area contributed by atoms with Crippen LogP contribution in [0.2, 0.25) is 0 Å². The molecule has 0 aliphatic carbocycles. The van der Waals surface area contributed by atoms with Crippen LogP contribution >= 0.6 is 0 Å². The van der Waals surface area contributed by atoms with Gasteiger partial charge in [0.05, 0.1) is 26.9 Å².